The highest BCUT2D eigenvalue weighted by molar-refractivity contribution is 5.80. The largest absolute Gasteiger partial charge is 0.460 e. The van der Waals surface area contributed by atoms with Crippen molar-refractivity contribution in [2.45, 2.75) is 45.6 Å². The number of carbonyl (C=O) groups excluding carboxylic acids is 1. The minimum atomic E-state index is -0.313. The predicted molar refractivity (Wildman–Crippen MR) is 45.6 cm³/mol. The summed E-state index contributed by atoms with van der Waals surface area (Å²) in [6, 6.07) is 0. The van der Waals surface area contributed by atoms with Crippen molar-refractivity contribution in [1.29, 1.82) is 0 Å². The standard InChI is InChI=1S/C10H16O2/c1-9(2,3)12-8(11)10-4-7(5-10)6-10/h7H,4-6H2,1-3H3. The molecule has 0 radical (unpaired) electrons. The Balaban J connectivity index is 1.93. The Morgan fingerprint density at radius 1 is 1.33 bits per heavy atom. The van der Waals surface area contributed by atoms with Crippen molar-refractivity contribution in [2.24, 2.45) is 11.3 Å². The Morgan fingerprint density at radius 2 is 1.83 bits per heavy atom. The molecule has 0 saturated heterocycles. The van der Waals surface area contributed by atoms with Gasteiger partial charge in [-0.2, -0.15) is 0 Å². The van der Waals surface area contributed by atoms with Gasteiger partial charge in [-0.3, -0.25) is 4.79 Å². The van der Waals surface area contributed by atoms with Crippen LogP contribution in [-0.2, 0) is 9.53 Å². The Morgan fingerprint density at radius 3 is 2.08 bits per heavy atom. The number of ether oxygens (including phenoxy) is 1. The molecular formula is C10H16O2. The first kappa shape index (κ1) is 8.09. The second kappa shape index (κ2) is 2.04. The molecule has 3 saturated carbocycles. The molecule has 0 spiro atoms. The minimum Gasteiger partial charge on any atom is -0.460 e. The van der Waals surface area contributed by atoms with Gasteiger partial charge >= 0.3 is 5.97 Å². The van der Waals surface area contributed by atoms with E-state index in [0.717, 1.165) is 25.2 Å². The fourth-order valence-corrected chi connectivity index (χ4v) is 2.11. The third kappa shape index (κ3) is 1.05. The highest BCUT2D eigenvalue weighted by atomic mass is 16.6. The summed E-state index contributed by atoms with van der Waals surface area (Å²) >= 11 is 0. The summed E-state index contributed by atoms with van der Waals surface area (Å²) in [6.07, 6.45) is 3.26. The van der Waals surface area contributed by atoms with E-state index in [-0.39, 0.29) is 17.0 Å². The zero-order chi connectivity index (χ0) is 8.98. The molecule has 2 nitrogen and oxygen atoms in total. The number of hydrogen-bond acceptors (Lipinski definition) is 2. The summed E-state index contributed by atoms with van der Waals surface area (Å²) in [6.45, 7) is 5.78. The minimum absolute atomic E-state index is 0.0298. The molecule has 0 amide bonds. The number of rotatable bonds is 1. The van der Waals surface area contributed by atoms with E-state index in [4.69, 9.17) is 4.74 Å². The molecule has 0 unspecified atom stereocenters. The van der Waals surface area contributed by atoms with E-state index in [1.54, 1.807) is 0 Å². The van der Waals surface area contributed by atoms with Gasteiger partial charge in [-0.15, -0.1) is 0 Å². The van der Waals surface area contributed by atoms with Crippen LogP contribution in [0.2, 0.25) is 0 Å². The number of hydrogen-bond donors (Lipinski definition) is 0. The van der Waals surface area contributed by atoms with Crippen molar-refractivity contribution in [2.75, 3.05) is 0 Å². The molecule has 2 heteroatoms. The van der Waals surface area contributed by atoms with Crippen LogP contribution in [0, 0.1) is 11.3 Å². The Bertz CT molecular complexity index is 207. The van der Waals surface area contributed by atoms with E-state index < -0.39 is 0 Å². The molecule has 0 heterocycles. The summed E-state index contributed by atoms with van der Waals surface area (Å²) in [5.41, 5.74) is -0.343. The zero-order valence-electron chi connectivity index (χ0n) is 8.02. The molecule has 0 aromatic rings. The molecule has 0 N–H and O–H groups in total. The third-order valence-electron chi connectivity index (χ3n) is 2.87. The smallest absolute Gasteiger partial charge is 0.312 e. The zero-order valence-corrected chi connectivity index (χ0v) is 8.02. The van der Waals surface area contributed by atoms with Crippen molar-refractivity contribution in [1.82, 2.24) is 0 Å². The molecule has 2 bridgehead atoms. The van der Waals surface area contributed by atoms with Gasteiger partial charge in [0, 0.05) is 0 Å². The van der Waals surface area contributed by atoms with Crippen molar-refractivity contribution in [3.8, 4) is 0 Å². The first-order valence-corrected chi connectivity index (χ1v) is 4.65. The SMILES string of the molecule is CC(C)(C)OC(=O)C12CC(C1)C2. The monoisotopic (exact) mass is 168 g/mol. The molecule has 68 valence electrons. The van der Waals surface area contributed by atoms with Gasteiger partial charge < -0.3 is 4.74 Å². The van der Waals surface area contributed by atoms with Crippen LogP contribution in [-0.4, -0.2) is 11.6 Å². The first-order valence-electron chi connectivity index (χ1n) is 4.65. The predicted octanol–water partition coefficient (Wildman–Crippen LogP) is 2.13. The van der Waals surface area contributed by atoms with E-state index in [1.165, 1.54) is 0 Å². The van der Waals surface area contributed by atoms with Crippen LogP contribution in [0.4, 0.5) is 0 Å². The van der Waals surface area contributed by atoms with Gasteiger partial charge in [0.05, 0.1) is 5.41 Å². The first-order chi connectivity index (χ1) is 5.41. The third-order valence-corrected chi connectivity index (χ3v) is 2.87. The summed E-state index contributed by atoms with van der Waals surface area (Å²) < 4.78 is 5.34. The number of esters is 1. The molecule has 3 aliphatic carbocycles. The van der Waals surface area contributed by atoms with Gasteiger partial charge in [-0.25, -0.2) is 0 Å². The fraction of sp³-hybridized carbons (Fsp3) is 0.900. The van der Waals surface area contributed by atoms with E-state index in [0.29, 0.717) is 0 Å². The lowest BCUT2D eigenvalue weighted by molar-refractivity contribution is -0.201. The van der Waals surface area contributed by atoms with Gasteiger partial charge in [0.2, 0.25) is 0 Å². The maximum Gasteiger partial charge on any atom is 0.312 e. The average Bonchev–Trinajstić information content (AvgIpc) is 1.45. The van der Waals surface area contributed by atoms with Crippen molar-refractivity contribution < 1.29 is 9.53 Å². The molecule has 0 atom stereocenters. The van der Waals surface area contributed by atoms with Crippen LogP contribution in [0.25, 0.3) is 0 Å². The molecule has 0 aromatic heterocycles. The van der Waals surface area contributed by atoms with E-state index in [9.17, 15) is 4.79 Å². The lowest BCUT2D eigenvalue weighted by Crippen LogP contribution is -2.58. The van der Waals surface area contributed by atoms with Crippen LogP contribution in [0.15, 0.2) is 0 Å². The Kier molecular flexibility index (Phi) is 1.37. The molecule has 12 heavy (non-hydrogen) atoms. The second-order valence-electron chi connectivity index (χ2n) is 5.26. The van der Waals surface area contributed by atoms with Crippen LogP contribution < -0.4 is 0 Å². The van der Waals surface area contributed by atoms with Crippen LogP contribution in [0.1, 0.15) is 40.0 Å². The summed E-state index contributed by atoms with van der Waals surface area (Å²) in [5, 5.41) is 0. The summed E-state index contributed by atoms with van der Waals surface area (Å²) in [4.78, 5) is 11.6. The van der Waals surface area contributed by atoms with Gasteiger partial charge in [0.15, 0.2) is 0 Å². The van der Waals surface area contributed by atoms with Crippen molar-refractivity contribution >= 4 is 5.97 Å². The van der Waals surface area contributed by atoms with Crippen LogP contribution in [0.5, 0.6) is 0 Å². The van der Waals surface area contributed by atoms with Crippen LogP contribution in [0.3, 0.4) is 0 Å². The topological polar surface area (TPSA) is 26.3 Å². The molecule has 3 aliphatic rings. The van der Waals surface area contributed by atoms with E-state index in [2.05, 4.69) is 0 Å². The Labute approximate surface area is 73.3 Å². The normalized spacial score (nSPS) is 38.1. The van der Waals surface area contributed by atoms with E-state index >= 15 is 0 Å². The maximum atomic E-state index is 11.6. The number of carbonyl (C=O) groups is 1. The van der Waals surface area contributed by atoms with Gasteiger partial charge in [0.1, 0.15) is 5.60 Å². The molecule has 0 aromatic carbocycles. The second-order valence-corrected chi connectivity index (χ2v) is 5.26. The van der Waals surface area contributed by atoms with Gasteiger partial charge in [0.25, 0.3) is 0 Å². The van der Waals surface area contributed by atoms with Crippen LogP contribution >= 0.6 is 0 Å². The lowest BCUT2D eigenvalue weighted by atomic mass is 9.44. The van der Waals surface area contributed by atoms with Gasteiger partial charge in [-0.05, 0) is 46.0 Å². The van der Waals surface area contributed by atoms with Gasteiger partial charge in [-0.1, -0.05) is 0 Å². The maximum absolute atomic E-state index is 11.6. The summed E-state index contributed by atoms with van der Waals surface area (Å²) in [7, 11) is 0. The fourth-order valence-electron chi connectivity index (χ4n) is 2.11. The highest BCUT2D eigenvalue weighted by Gasteiger charge is 2.62. The Hall–Kier alpha value is -0.530. The molecule has 0 aliphatic heterocycles. The lowest BCUT2D eigenvalue weighted by Gasteiger charge is -2.59. The van der Waals surface area contributed by atoms with Crippen molar-refractivity contribution in [3.63, 3.8) is 0 Å². The summed E-state index contributed by atoms with van der Waals surface area (Å²) in [5.74, 6) is 0.884. The molecule has 3 fully saturated rings. The van der Waals surface area contributed by atoms with Crippen molar-refractivity contribution in [3.05, 3.63) is 0 Å². The average molecular weight is 168 g/mol. The molecular weight excluding hydrogens is 152 g/mol. The molecule has 3 rings (SSSR count). The van der Waals surface area contributed by atoms with E-state index in [1.807, 2.05) is 20.8 Å². The highest BCUT2D eigenvalue weighted by Crippen LogP contribution is 2.65. The quantitative estimate of drug-likeness (QED) is 0.561.